The molecule has 0 spiro atoms. The van der Waals surface area contributed by atoms with Crippen molar-refractivity contribution in [1.82, 2.24) is 4.90 Å². The Morgan fingerprint density at radius 3 is 3.07 bits per heavy atom. The Hall–Kier alpha value is -0.220. The van der Waals surface area contributed by atoms with Crippen LogP contribution >= 0.6 is 11.8 Å². The molecule has 1 aliphatic rings. The summed E-state index contributed by atoms with van der Waals surface area (Å²) in [6, 6.07) is 0. The van der Waals surface area contributed by atoms with E-state index in [0.717, 1.165) is 31.3 Å². The highest BCUT2D eigenvalue weighted by molar-refractivity contribution is 7.99. The normalized spacial score (nSPS) is 23.4. The number of carbonyl (C=O) groups excluding carboxylic acids is 1. The number of ether oxygens (including phenoxy) is 1. The fourth-order valence-electron chi connectivity index (χ4n) is 1.64. The molecule has 0 amide bonds. The van der Waals surface area contributed by atoms with Gasteiger partial charge in [-0.2, -0.15) is 11.8 Å². The van der Waals surface area contributed by atoms with Crippen LogP contribution < -0.4 is 0 Å². The molecule has 1 aliphatic heterocycles. The van der Waals surface area contributed by atoms with Gasteiger partial charge in [-0.05, 0) is 13.0 Å². The molecule has 4 heteroatoms. The predicted molar refractivity (Wildman–Crippen MR) is 59.6 cm³/mol. The van der Waals surface area contributed by atoms with Gasteiger partial charge in [0, 0.05) is 30.5 Å². The van der Waals surface area contributed by atoms with Crippen LogP contribution in [0.25, 0.3) is 0 Å². The largest absolute Gasteiger partial charge is 0.469 e. The second kappa shape index (κ2) is 6.30. The van der Waals surface area contributed by atoms with Crippen LogP contribution in [-0.4, -0.2) is 48.6 Å². The zero-order valence-electron chi connectivity index (χ0n) is 8.99. The van der Waals surface area contributed by atoms with Crippen LogP contribution in [0.2, 0.25) is 0 Å². The van der Waals surface area contributed by atoms with Crippen molar-refractivity contribution >= 4 is 17.7 Å². The topological polar surface area (TPSA) is 29.5 Å². The van der Waals surface area contributed by atoms with Gasteiger partial charge in [-0.25, -0.2) is 0 Å². The monoisotopic (exact) mass is 217 g/mol. The average Bonchev–Trinajstić information content (AvgIpc) is 2.17. The van der Waals surface area contributed by atoms with Gasteiger partial charge >= 0.3 is 5.97 Å². The first kappa shape index (κ1) is 11.9. The van der Waals surface area contributed by atoms with Gasteiger partial charge in [0.1, 0.15) is 0 Å². The number of methoxy groups -OCH3 is 1. The van der Waals surface area contributed by atoms with E-state index in [4.69, 9.17) is 0 Å². The molecule has 0 radical (unpaired) electrons. The molecule has 14 heavy (non-hydrogen) atoms. The van der Waals surface area contributed by atoms with Gasteiger partial charge in [-0.15, -0.1) is 0 Å². The Bertz CT molecular complexity index is 187. The van der Waals surface area contributed by atoms with Crippen molar-refractivity contribution in [2.24, 2.45) is 0 Å². The van der Waals surface area contributed by atoms with E-state index < -0.39 is 0 Å². The SMILES string of the molecule is COC(=O)CCCN1CCSC(C)C1. The molecule has 1 unspecified atom stereocenters. The number of rotatable bonds is 4. The standard InChI is InChI=1S/C10H19NO2S/c1-9-8-11(6-7-14-9)5-3-4-10(12)13-2/h9H,3-8H2,1-2H3. The molecule has 0 aromatic heterocycles. The maximum atomic E-state index is 10.9. The average molecular weight is 217 g/mol. The zero-order valence-corrected chi connectivity index (χ0v) is 9.81. The first-order valence-corrected chi connectivity index (χ1v) is 6.18. The van der Waals surface area contributed by atoms with Gasteiger partial charge in [0.15, 0.2) is 0 Å². The van der Waals surface area contributed by atoms with Crippen molar-refractivity contribution in [1.29, 1.82) is 0 Å². The van der Waals surface area contributed by atoms with Crippen LogP contribution in [0.15, 0.2) is 0 Å². The Kier molecular flexibility index (Phi) is 5.33. The predicted octanol–water partition coefficient (Wildman–Crippen LogP) is 1.38. The third-order valence-electron chi connectivity index (χ3n) is 2.41. The van der Waals surface area contributed by atoms with E-state index in [9.17, 15) is 4.79 Å². The lowest BCUT2D eigenvalue weighted by Gasteiger charge is -2.30. The highest BCUT2D eigenvalue weighted by Crippen LogP contribution is 2.17. The zero-order chi connectivity index (χ0) is 10.4. The van der Waals surface area contributed by atoms with E-state index in [1.807, 2.05) is 11.8 Å². The summed E-state index contributed by atoms with van der Waals surface area (Å²) in [4.78, 5) is 13.3. The summed E-state index contributed by atoms with van der Waals surface area (Å²) < 4.78 is 4.60. The second-order valence-corrected chi connectivity index (χ2v) is 5.21. The van der Waals surface area contributed by atoms with Crippen molar-refractivity contribution < 1.29 is 9.53 Å². The molecule has 82 valence electrons. The maximum Gasteiger partial charge on any atom is 0.305 e. The Balaban J connectivity index is 2.08. The summed E-state index contributed by atoms with van der Waals surface area (Å²) >= 11 is 2.03. The first-order chi connectivity index (χ1) is 6.72. The van der Waals surface area contributed by atoms with Crippen molar-refractivity contribution in [3.05, 3.63) is 0 Å². The summed E-state index contributed by atoms with van der Waals surface area (Å²) in [6.07, 6.45) is 1.47. The maximum absolute atomic E-state index is 10.9. The minimum atomic E-state index is -0.0931. The molecule has 1 rings (SSSR count). The number of hydrogen-bond donors (Lipinski definition) is 0. The number of hydrogen-bond acceptors (Lipinski definition) is 4. The lowest BCUT2D eigenvalue weighted by atomic mass is 10.3. The molecule has 0 saturated carbocycles. The van der Waals surface area contributed by atoms with Gasteiger partial charge in [0.25, 0.3) is 0 Å². The van der Waals surface area contributed by atoms with Gasteiger partial charge in [-0.1, -0.05) is 6.92 Å². The molecule has 1 heterocycles. The summed E-state index contributed by atoms with van der Waals surface area (Å²) in [7, 11) is 1.45. The Morgan fingerprint density at radius 2 is 2.43 bits per heavy atom. The van der Waals surface area contributed by atoms with Crippen molar-refractivity contribution in [3.63, 3.8) is 0 Å². The van der Waals surface area contributed by atoms with Gasteiger partial charge < -0.3 is 9.64 Å². The third kappa shape index (κ3) is 4.33. The van der Waals surface area contributed by atoms with Crippen LogP contribution in [0.3, 0.4) is 0 Å². The molecular weight excluding hydrogens is 198 g/mol. The molecule has 0 bridgehead atoms. The lowest BCUT2D eigenvalue weighted by Crippen LogP contribution is -2.37. The molecule has 1 saturated heterocycles. The molecule has 0 aromatic carbocycles. The number of nitrogens with zero attached hydrogens (tertiary/aromatic N) is 1. The second-order valence-electron chi connectivity index (χ2n) is 3.66. The van der Waals surface area contributed by atoms with E-state index in [1.165, 1.54) is 12.9 Å². The molecule has 1 fully saturated rings. The summed E-state index contributed by atoms with van der Waals surface area (Å²) in [5.41, 5.74) is 0. The quantitative estimate of drug-likeness (QED) is 0.665. The van der Waals surface area contributed by atoms with E-state index in [0.29, 0.717) is 6.42 Å². The minimum absolute atomic E-state index is 0.0931. The smallest absolute Gasteiger partial charge is 0.305 e. The Labute approximate surface area is 90.2 Å². The number of thioether (sulfide) groups is 1. The molecular formula is C10H19NO2S. The minimum Gasteiger partial charge on any atom is -0.469 e. The van der Waals surface area contributed by atoms with Gasteiger partial charge in [0.05, 0.1) is 7.11 Å². The first-order valence-electron chi connectivity index (χ1n) is 5.13. The van der Waals surface area contributed by atoms with Crippen LogP contribution in [0.5, 0.6) is 0 Å². The summed E-state index contributed by atoms with van der Waals surface area (Å²) in [5.74, 6) is 1.13. The van der Waals surface area contributed by atoms with Crippen molar-refractivity contribution in [3.8, 4) is 0 Å². The van der Waals surface area contributed by atoms with Crippen LogP contribution in [0.1, 0.15) is 19.8 Å². The summed E-state index contributed by atoms with van der Waals surface area (Å²) in [5, 5.41) is 0.738. The van der Waals surface area contributed by atoms with Gasteiger partial charge in [0.2, 0.25) is 0 Å². The molecule has 1 atom stereocenters. The fraction of sp³-hybridized carbons (Fsp3) is 0.900. The molecule has 0 aromatic rings. The van der Waals surface area contributed by atoms with Crippen LogP contribution in [-0.2, 0) is 9.53 Å². The van der Waals surface area contributed by atoms with E-state index in [1.54, 1.807) is 0 Å². The number of carbonyl (C=O) groups is 1. The highest BCUT2D eigenvalue weighted by Gasteiger charge is 2.16. The molecule has 0 N–H and O–H groups in total. The van der Waals surface area contributed by atoms with E-state index >= 15 is 0 Å². The molecule has 0 aliphatic carbocycles. The highest BCUT2D eigenvalue weighted by atomic mass is 32.2. The van der Waals surface area contributed by atoms with Crippen molar-refractivity contribution in [2.75, 3.05) is 32.5 Å². The van der Waals surface area contributed by atoms with Gasteiger partial charge in [-0.3, -0.25) is 4.79 Å². The molecule has 3 nitrogen and oxygen atoms in total. The Morgan fingerprint density at radius 1 is 1.64 bits per heavy atom. The van der Waals surface area contributed by atoms with E-state index in [-0.39, 0.29) is 5.97 Å². The van der Waals surface area contributed by atoms with Crippen LogP contribution in [0, 0.1) is 0 Å². The van der Waals surface area contributed by atoms with Crippen LogP contribution in [0.4, 0.5) is 0 Å². The number of esters is 1. The fourth-order valence-corrected chi connectivity index (χ4v) is 2.72. The van der Waals surface area contributed by atoms with E-state index in [2.05, 4.69) is 16.6 Å². The third-order valence-corrected chi connectivity index (χ3v) is 3.54. The van der Waals surface area contributed by atoms with Crippen molar-refractivity contribution in [2.45, 2.75) is 25.0 Å². The summed E-state index contributed by atoms with van der Waals surface area (Å²) in [6.45, 7) is 5.61. The lowest BCUT2D eigenvalue weighted by molar-refractivity contribution is -0.140.